The highest BCUT2D eigenvalue weighted by atomic mass is 32.2. The Morgan fingerprint density at radius 3 is 2.69 bits per heavy atom. The van der Waals surface area contributed by atoms with Gasteiger partial charge in [-0.3, -0.25) is 9.78 Å². The first-order valence-electron chi connectivity index (χ1n) is 9.27. The zero-order valence-electron chi connectivity index (χ0n) is 16.6. The monoisotopic (exact) mass is 408 g/mol. The largest absolute Gasteiger partial charge is 0.493 e. The number of methoxy groups -OCH3 is 1. The number of nitrogens with one attached hydrogen (secondary N) is 1. The molecule has 0 saturated carbocycles. The molecule has 0 bridgehead atoms. The summed E-state index contributed by atoms with van der Waals surface area (Å²) in [6.45, 7) is 2.44. The number of aryl methyl sites for hydroxylation is 1. The second-order valence-corrected chi connectivity index (χ2v) is 7.53. The van der Waals surface area contributed by atoms with Gasteiger partial charge in [-0.05, 0) is 30.7 Å². The molecule has 0 spiro atoms. The van der Waals surface area contributed by atoms with E-state index >= 15 is 0 Å². The van der Waals surface area contributed by atoms with Crippen LogP contribution in [0.4, 0.5) is 5.69 Å². The van der Waals surface area contributed by atoms with Crippen LogP contribution in [0, 0.1) is 6.92 Å². The van der Waals surface area contributed by atoms with Gasteiger partial charge in [-0.2, -0.15) is 0 Å². The second-order valence-electron chi connectivity index (χ2n) is 6.55. The first kappa shape index (κ1) is 20.7. The molecule has 1 amide bonds. The minimum atomic E-state index is -0.0500. The van der Waals surface area contributed by atoms with Gasteiger partial charge in [-0.1, -0.05) is 35.9 Å². The first-order chi connectivity index (χ1) is 14.1. The number of pyridine rings is 1. The Labute approximate surface area is 175 Å². The maximum atomic E-state index is 12.3. The van der Waals surface area contributed by atoms with Crippen LogP contribution >= 0.6 is 11.8 Å². The van der Waals surface area contributed by atoms with Gasteiger partial charge in [-0.15, -0.1) is 11.8 Å². The fraction of sp³-hybridized carbons (Fsp3) is 0.217. The molecule has 5 nitrogen and oxygen atoms in total. The Bertz CT molecular complexity index is 948. The molecule has 1 heterocycles. The molecule has 150 valence electrons. The van der Waals surface area contributed by atoms with Crippen LogP contribution in [0.25, 0.3) is 0 Å². The van der Waals surface area contributed by atoms with Crippen molar-refractivity contribution in [2.45, 2.75) is 19.3 Å². The topological polar surface area (TPSA) is 60.5 Å². The molecule has 2 aromatic carbocycles. The highest BCUT2D eigenvalue weighted by Crippen LogP contribution is 2.31. The summed E-state index contributed by atoms with van der Waals surface area (Å²) >= 11 is 1.59. The number of hydrogen-bond donors (Lipinski definition) is 1. The van der Waals surface area contributed by atoms with Crippen LogP contribution in [-0.2, 0) is 17.2 Å². The van der Waals surface area contributed by atoms with E-state index in [1.807, 2.05) is 18.2 Å². The molecule has 29 heavy (non-hydrogen) atoms. The minimum absolute atomic E-state index is 0.0500. The summed E-state index contributed by atoms with van der Waals surface area (Å²) in [6, 6.07) is 17.5. The number of aromatic nitrogens is 1. The highest BCUT2D eigenvalue weighted by molar-refractivity contribution is 7.99. The van der Waals surface area contributed by atoms with Crippen LogP contribution < -0.4 is 14.8 Å². The standard InChI is InChI=1S/C23H24N2O3S/c1-17-5-3-6-18(11-17)15-29-16-23(26)25-20-8-9-21(27-2)22(12-20)28-14-19-7-4-10-24-13-19/h3-13H,14-16H2,1-2H3,(H,25,26). The molecule has 0 unspecified atom stereocenters. The molecule has 0 radical (unpaired) electrons. The van der Waals surface area contributed by atoms with Gasteiger partial charge in [0.15, 0.2) is 11.5 Å². The Morgan fingerprint density at radius 2 is 1.93 bits per heavy atom. The van der Waals surface area contributed by atoms with E-state index < -0.39 is 0 Å². The average Bonchev–Trinajstić information content (AvgIpc) is 2.73. The van der Waals surface area contributed by atoms with Gasteiger partial charge in [0.05, 0.1) is 12.9 Å². The Morgan fingerprint density at radius 1 is 1.07 bits per heavy atom. The third-order valence-corrected chi connectivity index (χ3v) is 5.15. The fourth-order valence-corrected chi connectivity index (χ4v) is 3.55. The van der Waals surface area contributed by atoms with Crippen molar-refractivity contribution in [1.82, 2.24) is 4.98 Å². The van der Waals surface area contributed by atoms with Gasteiger partial charge in [0.2, 0.25) is 5.91 Å². The lowest BCUT2D eigenvalue weighted by Crippen LogP contribution is -2.14. The number of nitrogens with zero attached hydrogens (tertiary/aromatic N) is 1. The van der Waals surface area contributed by atoms with E-state index in [1.165, 1.54) is 11.1 Å². The van der Waals surface area contributed by atoms with Gasteiger partial charge in [-0.25, -0.2) is 0 Å². The molecule has 0 aliphatic heterocycles. The van der Waals surface area contributed by atoms with Crippen molar-refractivity contribution in [3.63, 3.8) is 0 Å². The number of thioether (sulfide) groups is 1. The summed E-state index contributed by atoms with van der Waals surface area (Å²) in [6.07, 6.45) is 3.47. The van der Waals surface area contributed by atoms with Gasteiger partial charge in [0, 0.05) is 35.5 Å². The smallest absolute Gasteiger partial charge is 0.234 e. The number of hydrogen-bond acceptors (Lipinski definition) is 5. The molecule has 1 aromatic heterocycles. The lowest BCUT2D eigenvalue weighted by molar-refractivity contribution is -0.113. The summed E-state index contributed by atoms with van der Waals surface area (Å²) < 4.78 is 11.2. The maximum absolute atomic E-state index is 12.3. The predicted molar refractivity (Wildman–Crippen MR) is 118 cm³/mol. The number of carbonyl (C=O) groups is 1. The Kier molecular flexibility index (Phi) is 7.53. The molecule has 0 aliphatic rings. The predicted octanol–water partition coefficient (Wildman–Crippen LogP) is 4.85. The Hall–Kier alpha value is -2.99. The second kappa shape index (κ2) is 10.5. The van der Waals surface area contributed by atoms with Gasteiger partial charge in [0.25, 0.3) is 0 Å². The summed E-state index contributed by atoms with van der Waals surface area (Å²) in [5.74, 6) is 2.32. The van der Waals surface area contributed by atoms with Crippen LogP contribution in [0.2, 0.25) is 0 Å². The average molecular weight is 409 g/mol. The number of carbonyl (C=O) groups excluding carboxylic acids is 1. The molecular formula is C23H24N2O3S. The van der Waals surface area contributed by atoms with E-state index in [-0.39, 0.29) is 5.91 Å². The third kappa shape index (κ3) is 6.54. The summed E-state index contributed by atoms with van der Waals surface area (Å²) in [5.41, 5.74) is 4.08. The van der Waals surface area contributed by atoms with E-state index in [2.05, 4.69) is 35.4 Å². The van der Waals surface area contributed by atoms with Gasteiger partial charge >= 0.3 is 0 Å². The Balaban J connectivity index is 1.54. The molecule has 0 atom stereocenters. The molecule has 6 heteroatoms. The van der Waals surface area contributed by atoms with Crippen molar-refractivity contribution in [2.75, 3.05) is 18.2 Å². The number of benzene rings is 2. The van der Waals surface area contributed by atoms with Crippen LogP contribution in [0.15, 0.2) is 67.0 Å². The van der Waals surface area contributed by atoms with Crippen LogP contribution in [0.5, 0.6) is 11.5 Å². The first-order valence-corrected chi connectivity index (χ1v) is 10.4. The molecular weight excluding hydrogens is 384 g/mol. The summed E-state index contributed by atoms with van der Waals surface area (Å²) in [5, 5.41) is 2.92. The quantitative estimate of drug-likeness (QED) is 0.548. The lowest BCUT2D eigenvalue weighted by Gasteiger charge is -2.13. The lowest BCUT2D eigenvalue weighted by atomic mass is 10.2. The van der Waals surface area contributed by atoms with Crippen molar-refractivity contribution in [3.8, 4) is 11.5 Å². The maximum Gasteiger partial charge on any atom is 0.234 e. The SMILES string of the molecule is COc1ccc(NC(=O)CSCc2cccc(C)c2)cc1OCc1cccnc1. The molecule has 0 saturated heterocycles. The van der Waals surface area contributed by atoms with Crippen LogP contribution in [-0.4, -0.2) is 23.8 Å². The number of amides is 1. The van der Waals surface area contributed by atoms with E-state index in [1.54, 1.807) is 49.5 Å². The van der Waals surface area contributed by atoms with Crippen molar-refractivity contribution in [2.24, 2.45) is 0 Å². The van der Waals surface area contributed by atoms with Crippen molar-refractivity contribution >= 4 is 23.4 Å². The van der Waals surface area contributed by atoms with Crippen molar-refractivity contribution in [1.29, 1.82) is 0 Å². The van der Waals surface area contributed by atoms with Gasteiger partial charge < -0.3 is 14.8 Å². The minimum Gasteiger partial charge on any atom is -0.493 e. The van der Waals surface area contributed by atoms with E-state index in [0.717, 1.165) is 11.3 Å². The fourth-order valence-electron chi connectivity index (χ4n) is 2.77. The zero-order valence-corrected chi connectivity index (χ0v) is 17.4. The van der Waals surface area contributed by atoms with Crippen LogP contribution in [0.1, 0.15) is 16.7 Å². The number of rotatable bonds is 9. The van der Waals surface area contributed by atoms with E-state index in [9.17, 15) is 4.79 Å². The summed E-state index contributed by atoms with van der Waals surface area (Å²) in [4.78, 5) is 16.4. The molecule has 0 fully saturated rings. The third-order valence-electron chi connectivity index (χ3n) is 4.15. The number of anilines is 1. The number of ether oxygens (including phenoxy) is 2. The normalized spacial score (nSPS) is 10.4. The van der Waals surface area contributed by atoms with Crippen molar-refractivity contribution in [3.05, 3.63) is 83.7 Å². The molecule has 3 rings (SSSR count). The van der Waals surface area contributed by atoms with Crippen molar-refractivity contribution < 1.29 is 14.3 Å². The van der Waals surface area contributed by atoms with E-state index in [4.69, 9.17) is 9.47 Å². The van der Waals surface area contributed by atoms with E-state index in [0.29, 0.717) is 29.5 Å². The summed E-state index contributed by atoms with van der Waals surface area (Å²) in [7, 11) is 1.59. The molecule has 1 N–H and O–H groups in total. The molecule has 3 aromatic rings. The van der Waals surface area contributed by atoms with Gasteiger partial charge in [0.1, 0.15) is 6.61 Å². The molecule has 0 aliphatic carbocycles. The zero-order chi connectivity index (χ0) is 20.5. The highest BCUT2D eigenvalue weighted by Gasteiger charge is 2.09. The van der Waals surface area contributed by atoms with Crippen LogP contribution in [0.3, 0.4) is 0 Å².